The standard InChI is InChI=1S/C16H21N3O2/c1-11-12(2)19(10-17-11)14-7-5-13(6-8-14)18-15(20)9-16(3,4)21/h5-8,10,21H,9H2,1-4H3,(H,18,20). The van der Waals surface area contributed by atoms with E-state index in [1.165, 1.54) is 0 Å². The highest BCUT2D eigenvalue weighted by atomic mass is 16.3. The van der Waals surface area contributed by atoms with Crippen LogP contribution in [0.3, 0.4) is 0 Å². The first-order valence-electron chi connectivity index (χ1n) is 6.89. The van der Waals surface area contributed by atoms with Crippen LogP contribution in [0.5, 0.6) is 0 Å². The molecule has 0 aliphatic carbocycles. The zero-order chi connectivity index (χ0) is 15.6. The topological polar surface area (TPSA) is 67.2 Å². The first kappa shape index (κ1) is 15.3. The summed E-state index contributed by atoms with van der Waals surface area (Å²) >= 11 is 0. The van der Waals surface area contributed by atoms with Gasteiger partial charge in [0, 0.05) is 17.1 Å². The monoisotopic (exact) mass is 287 g/mol. The number of benzene rings is 1. The molecule has 5 heteroatoms. The van der Waals surface area contributed by atoms with E-state index in [9.17, 15) is 9.90 Å². The molecule has 0 bridgehead atoms. The Morgan fingerprint density at radius 3 is 2.38 bits per heavy atom. The largest absolute Gasteiger partial charge is 0.390 e. The van der Waals surface area contributed by atoms with Gasteiger partial charge in [0.15, 0.2) is 0 Å². The van der Waals surface area contributed by atoms with Crippen LogP contribution in [-0.2, 0) is 4.79 Å². The van der Waals surface area contributed by atoms with E-state index in [0.717, 1.165) is 17.1 Å². The number of aromatic nitrogens is 2. The first-order chi connectivity index (χ1) is 9.76. The summed E-state index contributed by atoms with van der Waals surface area (Å²) in [7, 11) is 0. The number of aliphatic hydroxyl groups is 1. The Balaban J connectivity index is 2.09. The molecule has 21 heavy (non-hydrogen) atoms. The summed E-state index contributed by atoms with van der Waals surface area (Å²) in [4.78, 5) is 16.0. The molecule has 1 heterocycles. The van der Waals surface area contributed by atoms with Crippen molar-refractivity contribution in [2.24, 2.45) is 0 Å². The second kappa shape index (κ2) is 5.69. The molecule has 1 aromatic heterocycles. The molecule has 0 saturated heterocycles. The number of rotatable bonds is 4. The molecule has 112 valence electrons. The lowest BCUT2D eigenvalue weighted by molar-refractivity contribution is -0.119. The fourth-order valence-corrected chi connectivity index (χ4v) is 2.06. The molecule has 1 amide bonds. The second-order valence-electron chi connectivity index (χ2n) is 5.87. The van der Waals surface area contributed by atoms with E-state index < -0.39 is 5.60 Å². The number of nitrogens with zero attached hydrogens (tertiary/aromatic N) is 2. The van der Waals surface area contributed by atoms with Gasteiger partial charge in [0.25, 0.3) is 0 Å². The molecule has 2 rings (SSSR count). The highest BCUT2D eigenvalue weighted by molar-refractivity contribution is 5.91. The number of imidazole rings is 1. The Labute approximate surface area is 124 Å². The minimum atomic E-state index is -1.00. The van der Waals surface area contributed by atoms with Crippen LogP contribution in [0.25, 0.3) is 5.69 Å². The third-order valence-corrected chi connectivity index (χ3v) is 3.27. The number of hydrogen-bond acceptors (Lipinski definition) is 3. The second-order valence-corrected chi connectivity index (χ2v) is 5.87. The van der Waals surface area contributed by atoms with Crippen LogP contribution < -0.4 is 5.32 Å². The third kappa shape index (κ3) is 3.92. The molecular weight excluding hydrogens is 266 g/mol. The summed E-state index contributed by atoms with van der Waals surface area (Å²) in [6, 6.07) is 7.53. The Hall–Kier alpha value is -2.14. The van der Waals surface area contributed by atoms with Crippen LogP contribution in [0, 0.1) is 13.8 Å². The smallest absolute Gasteiger partial charge is 0.227 e. The van der Waals surface area contributed by atoms with Gasteiger partial charge < -0.3 is 15.0 Å². The molecule has 0 atom stereocenters. The number of amides is 1. The Morgan fingerprint density at radius 1 is 1.29 bits per heavy atom. The summed E-state index contributed by atoms with van der Waals surface area (Å²) in [6.45, 7) is 7.21. The number of nitrogens with one attached hydrogen (secondary N) is 1. The van der Waals surface area contributed by atoms with Crippen molar-refractivity contribution >= 4 is 11.6 Å². The van der Waals surface area contributed by atoms with Crippen molar-refractivity contribution < 1.29 is 9.90 Å². The third-order valence-electron chi connectivity index (χ3n) is 3.27. The summed E-state index contributed by atoms with van der Waals surface area (Å²) in [6.07, 6.45) is 1.85. The van der Waals surface area contributed by atoms with Crippen molar-refractivity contribution in [1.82, 2.24) is 9.55 Å². The van der Waals surface area contributed by atoms with Crippen molar-refractivity contribution in [2.45, 2.75) is 39.7 Å². The van der Waals surface area contributed by atoms with Crippen LogP contribution >= 0.6 is 0 Å². The molecule has 0 saturated carbocycles. The van der Waals surface area contributed by atoms with E-state index >= 15 is 0 Å². The molecule has 0 unspecified atom stereocenters. The van der Waals surface area contributed by atoms with Gasteiger partial charge in [-0.05, 0) is 52.0 Å². The van der Waals surface area contributed by atoms with Crippen LogP contribution in [0.4, 0.5) is 5.69 Å². The van der Waals surface area contributed by atoms with Crippen molar-refractivity contribution in [3.63, 3.8) is 0 Å². The fraction of sp³-hybridized carbons (Fsp3) is 0.375. The summed E-state index contributed by atoms with van der Waals surface area (Å²) in [5.74, 6) is -0.204. The van der Waals surface area contributed by atoms with Gasteiger partial charge in [0.1, 0.15) is 0 Å². The average molecular weight is 287 g/mol. The predicted molar refractivity (Wildman–Crippen MR) is 82.6 cm³/mol. The Bertz CT molecular complexity index is 637. The zero-order valence-corrected chi connectivity index (χ0v) is 12.8. The van der Waals surface area contributed by atoms with Gasteiger partial charge in [-0.25, -0.2) is 4.98 Å². The van der Waals surface area contributed by atoms with E-state index in [-0.39, 0.29) is 12.3 Å². The molecule has 5 nitrogen and oxygen atoms in total. The van der Waals surface area contributed by atoms with E-state index in [1.54, 1.807) is 20.2 Å². The maximum absolute atomic E-state index is 11.8. The minimum absolute atomic E-state index is 0.0641. The molecule has 2 N–H and O–H groups in total. The number of carbonyl (C=O) groups excluding carboxylic acids is 1. The van der Waals surface area contributed by atoms with E-state index in [0.29, 0.717) is 5.69 Å². The fourth-order valence-electron chi connectivity index (χ4n) is 2.06. The lowest BCUT2D eigenvalue weighted by Crippen LogP contribution is -2.27. The highest BCUT2D eigenvalue weighted by Crippen LogP contribution is 2.17. The Kier molecular flexibility index (Phi) is 4.14. The van der Waals surface area contributed by atoms with Crippen molar-refractivity contribution in [3.8, 4) is 5.69 Å². The summed E-state index contributed by atoms with van der Waals surface area (Å²) < 4.78 is 2.00. The maximum atomic E-state index is 11.8. The zero-order valence-electron chi connectivity index (χ0n) is 12.8. The molecule has 0 aliphatic heterocycles. The molecule has 0 aliphatic rings. The molecule has 0 fully saturated rings. The lowest BCUT2D eigenvalue weighted by Gasteiger charge is -2.16. The summed E-state index contributed by atoms with van der Waals surface area (Å²) in [5, 5.41) is 12.4. The van der Waals surface area contributed by atoms with E-state index in [2.05, 4.69) is 10.3 Å². The van der Waals surface area contributed by atoms with E-state index in [4.69, 9.17) is 0 Å². The van der Waals surface area contributed by atoms with Gasteiger partial charge in [-0.2, -0.15) is 0 Å². The van der Waals surface area contributed by atoms with Crippen molar-refractivity contribution in [3.05, 3.63) is 42.0 Å². The van der Waals surface area contributed by atoms with Crippen LogP contribution in [0.1, 0.15) is 31.7 Å². The van der Waals surface area contributed by atoms with E-state index in [1.807, 2.05) is 42.7 Å². The van der Waals surface area contributed by atoms with Gasteiger partial charge in [-0.3, -0.25) is 4.79 Å². The summed E-state index contributed by atoms with van der Waals surface area (Å²) in [5.41, 5.74) is 2.79. The van der Waals surface area contributed by atoms with Gasteiger partial charge in [0.2, 0.25) is 5.91 Å². The molecule has 1 aromatic carbocycles. The number of aryl methyl sites for hydroxylation is 1. The highest BCUT2D eigenvalue weighted by Gasteiger charge is 2.17. The molecule has 0 spiro atoms. The maximum Gasteiger partial charge on any atom is 0.227 e. The van der Waals surface area contributed by atoms with Gasteiger partial charge in [-0.1, -0.05) is 0 Å². The Morgan fingerprint density at radius 2 is 1.90 bits per heavy atom. The minimum Gasteiger partial charge on any atom is -0.390 e. The average Bonchev–Trinajstić information content (AvgIpc) is 2.69. The van der Waals surface area contributed by atoms with Crippen molar-refractivity contribution in [2.75, 3.05) is 5.32 Å². The predicted octanol–water partition coefficient (Wildman–Crippen LogP) is 2.59. The number of anilines is 1. The first-order valence-corrected chi connectivity index (χ1v) is 6.89. The van der Waals surface area contributed by atoms with Gasteiger partial charge >= 0.3 is 0 Å². The van der Waals surface area contributed by atoms with Crippen molar-refractivity contribution in [1.29, 1.82) is 0 Å². The quantitative estimate of drug-likeness (QED) is 0.908. The number of carbonyl (C=O) groups is 1. The van der Waals surface area contributed by atoms with Crippen LogP contribution in [0.2, 0.25) is 0 Å². The van der Waals surface area contributed by atoms with Crippen LogP contribution in [-0.4, -0.2) is 26.2 Å². The molecular formula is C16H21N3O2. The number of hydrogen-bond donors (Lipinski definition) is 2. The lowest BCUT2D eigenvalue weighted by atomic mass is 10.1. The van der Waals surface area contributed by atoms with Gasteiger partial charge in [0.05, 0.1) is 24.0 Å². The molecule has 0 radical (unpaired) electrons. The molecule has 2 aromatic rings. The normalized spacial score (nSPS) is 11.5. The SMILES string of the molecule is Cc1ncn(-c2ccc(NC(=O)CC(C)(C)O)cc2)c1C. The van der Waals surface area contributed by atoms with Gasteiger partial charge in [-0.15, -0.1) is 0 Å². The van der Waals surface area contributed by atoms with Crippen LogP contribution in [0.15, 0.2) is 30.6 Å².